The summed E-state index contributed by atoms with van der Waals surface area (Å²) in [6.45, 7) is 2.27. The Morgan fingerprint density at radius 3 is 2.12 bits per heavy atom. The Hall–Kier alpha value is 0.543. The molecule has 0 amide bonds. The Morgan fingerprint density at radius 1 is 1.12 bits per heavy atom. The van der Waals surface area contributed by atoms with E-state index in [1.54, 1.807) is 5.25 Å². The van der Waals surface area contributed by atoms with E-state index in [-0.39, 0.29) is 0 Å². The Labute approximate surface area is 57.8 Å². The van der Waals surface area contributed by atoms with Crippen LogP contribution in [0.4, 0.5) is 0 Å². The van der Waals surface area contributed by atoms with Crippen LogP contribution in [0.15, 0.2) is 0 Å². The van der Waals surface area contributed by atoms with Crippen molar-refractivity contribution >= 4 is 14.3 Å². The van der Waals surface area contributed by atoms with Gasteiger partial charge in [0.15, 0.2) is 0 Å². The second-order valence-corrected chi connectivity index (χ2v) is 9.95. The van der Waals surface area contributed by atoms with Gasteiger partial charge in [-0.05, 0) is 0 Å². The van der Waals surface area contributed by atoms with Gasteiger partial charge in [-0.25, -0.2) is 0 Å². The van der Waals surface area contributed by atoms with E-state index in [0.717, 1.165) is 0 Å². The van der Waals surface area contributed by atoms with Crippen LogP contribution in [0.2, 0.25) is 16.8 Å². The van der Waals surface area contributed by atoms with Gasteiger partial charge in [-0.1, -0.05) is 0 Å². The fraction of sp³-hybridized carbons (Fsp3) is 1.00. The first kappa shape index (κ1) is 8.54. The van der Waals surface area contributed by atoms with E-state index in [9.17, 15) is 0 Å². The van der Waals surface area contributed by atoms with Crippen molar-refractivity contribution in [2.24, 2.45) is 0 Å². The molecule has 0 aliphatic heterocycles. The fourth-order valence-corrected chi connectivity index (χ4v) is 3.12. The van der Waals surface area contributed by atoms with Crippen molar-refractivity contribution in [1.29, 1.82) is 0 Å². The van der Waals surface area contributed by atoms with Crippen molar-refractivity contribution in [2.75, 3.05) is 0 Å². The molecular weight excluding hydrogens is 157 g/mol. The fourth-order valence-electron chi connectivity index (χ4n) is 0.803. The molecule has 50 valence electrons. The molecule has 0 aliphatic carbocycles. The molecule has 0 aromatic heterocycles. The second-order valence-electron chi connectivity index (χ2n) is 2.89. The first-order valence-corrected chi connectivity index (χ1v) is 10.3. The van der Waals surface area contributed by atoms with Gasteiger partial charge < -0.3 is 0 Å². The normalized spacial score (nSPS) is 10.5. The van der Waals surface area contributed by atoms with E-state index in [2.05, 4.69) is 18.4 Å². The third kappa shape index (κ3) is 6.54. The minimum atomic E-state index is -0.589. The maximum atomic E-state index is 2.47. The topological polar surface area (TPSA) is 0 Å². The van der Waals surface area contributed by atoms with Crippen molar-refractivity contribution < 1.29 is 0 Å². The third-order valence-electron chi connectivity index (χ3n) is 1.39. The van der Waals surface area contributed by atoms with Gasteiger partial charge in [-0.2, -0.15) is 0 Å². The molecule has 0 saturated heterocycles. The average molecular weight is 175 g/mol. The summed E-state index contributed by atoms with van der Waals surface area (Å²) in [6, 6.07) is 0. The summed E-state index contributed by atoms with van der Waals surface area (Å²) in [6.07, 6.45) is 4.35. The Bertz CT molecular complexity index is 41.7. The van der Waals surface area contributed by atoms with E-state index in [4.69, 9.17) is 0 Å². The van der Waals surface area contributed by atoms with E-state index < -0.39 is 14.3 Å². The number of hydrogen-bond acceptors (Lipinski definition) is 0. The predicted octanol–water partition coefficient (Wildman–Crippen LogP) is 2.66. The monoisotopic (exact) mass is 176 g/mol. The molecule has 0 bridgehead atoms. The molecule has 8 heavy (non-hydrogen) atoms. The minimum absolute atomic E-state index is 0.589. The van der Waals surface area contributed by atoms with Crippen LogP contribution in [0.5, 0.6) is 0 Å². The zero-order valence-electron chi connectivity index (χ0n) is 6.41. The molecule has 0 nitrogen and oxygen atoms in total. The Balaban J connectivity index is 2.72. The quantitative estimate of drug-likeness (QED) is 0.454. The van der Waals surface area contributed by atoms with Crippen LogP contribution in [0.3, 0.4) is 0 Å². The summed E-state index contributed by atoms with van der Waals surface area (Å²) < 4.78 is 0. The molecule has 0 spiro atoms. The predicted molar refractivity (Wildman–Crippen MR) is 43.2 cm³/mol. The number of rotatable bonds is 4. The van der Waals surface area contributed by atoms with Crippen LogP contribution in [0.25, 0.3) is 0 Å². The summed E-state index contributed by atoms with van der Waals surface area (Å²) in [5.41, 5.74) is 0. The van der Waals surface area contributed by atoms with Crippen LogP contribution < -0.4 is 0 Å². The first-order valence-electron chi connectivity index (χ1n) is 3.77. The van der Waals surface area contributed by atoms with Gasteiger partial charge in [0.1, 0.15) is 0 Å². The van der Waals surface area contributed by atoms with Gasteiger partial charge in [0.25, 0.3) is 0 Å². The molecule has 0 radical (unpaired) electrons. The van der Waals surface area contributed by atoms with E-state index in [1.807, 2.05) is 0 Å². The van der Waals surface area contributed by atoms with Crippen molar-refractivity contribution in [3.63, 3.8) is 0 Å². The summed E-state index contributed by atoms with van der Waals surface area (Å²) in [5.74, 6) is 4.95. The molecule has 0 fully saturated rings. The summed E-state index contributed by atoms with van der Waals surface area (Å²) >= 11 is -0.589. The van der Waals surface area contributed by atoms with Crippen LogP contribution >= 0.6 is 0 Å². The zero-order chi connectivity index (χ0) is 6.41. The van der Waals surface area contributed by atoms with Gasteiger partial charge in [0.05, 0.1) is 0 Å². The van der Waals surface area contributed by atoms with E-state index >= 15 is 0 Å². The summed E-state index contributed by atoms with van der Waals surface area (Å²) in [5, 5.41) is 1.60. The van der Waals surface area contributed by atoms with E-state index in [0.29, 0.717) is 0 Å². The molecule has 0 aromatic rings. The van der Waals surface area contributed by atoms with Crippen molar-refractivity contribution in [3.8, 4) is 0 Å². The molecule has 1 heteroatoms. The molecule has 0 rings (SSSR count). The van der Waals surface area contributed by atoms with Crippen LogP contribution in [-0.4, -0.2) is 14.3 Å². The summed E-state index contributed by atoms with van der Waals surface area (Å²) in [7, 11) is 0. The van der Waals surface area contributed by atoms with Crippen LogP contribution in [-0.2, 0) is 0 Å². The molecule has 0 aliphatic rings. The van der Waals surface area contributed by atoms with Crippen LogP contribution in [0.1, 0.15) is 26.2 Å². The van der Waals surface area contributed by atoms with Gasteiger partial charge in [0, 0.05) is 0 Å². The van der Waals surface area contributed by atoms with Crippen molar-refractivity contribution in [2.45, 2.75) is 43.0 Å². The standard InChI is InChI=1S/C7H18Ge/c1-4-5-6-7-8(2)3/h8H,4-7H2,1-3H3. The van der Waals surface area contributed by atoms with Gasteiger partial charge >= 0.3 is 57.3 Å². The number of unbranched alkanes of at least 4 members (excludes halogenated alkanes) is 2. The number of hydrogen-bond donors (Lipinski definition) is 0. The van der Waals surface area contributed by atoms with Gasteiger partial charge in [-0.3, -0.25) is 0 Å². The zero-order valence-corrected chi connectivity index (χ0v) is 8.83. The SMILES string of the molecule is CCCC[CH2][GeH]([CH3])[CH3]. The van der Waals surface area contributed by atoms with Gasteiger partial charge in [0.2, 0.25) is 0 Å². The molecule has 0 saturated carbocycles. The van der Waals surface area contributed by atoms with E-state index in [1.165, 1.54) is 19.3 Å². The molecule has 0 N–H and O–H groups in total. The Kier molecular flexibility index (Phi) is 6.06. The Morgan fingerprint density at radius 2 is 1.75 bits per heavy atom. The van der Waals surface area contributed by atoms with Gasteiger partial charge in [-0.15, -0.1) is 0 Å². The first-order chi connectivity index (χ1) is 3.77. The molecule has 0 atom stereocenters. The molecule has 0 heterocycles. The average Bonchev–Trinajstić information content (AvgIpc) is 1.66. The third-order valence-corrected chi connectivity index (χ3v) is 4.66. The summed E-state index contributed by atoms with van der Waals surface area (Å²) in [4.78, 5) is 0. The molecule has 0 unspecified atom stereocenters. The molecule has 0 aromatic carbocycles. The van der Waals surface area contributed by atoms with Crippen molar-refractivity contribution in [1.82, 2.24) is 0 Å². The second kappa shape index (κ2) is 5.68. The maximum absolute atomic E-state index is 2.47. The van der Waals surface area contributed by atoms with Crippen molar-refractivity contribution in [3.05, 3.63) is 0 Å². The molecular formula is C7H18Ge. The van der Waals surface area contributed by atoms with Crippen LogP contribution in [0, 0.1) is 0 Å².